The minimum absolute atomic E-state index is 0.134. The third-order valence-electron chi connectivity index (χ3n) is 4.11. The summed E-state index contributed by atoms with van der Waals surface area (Å²) >= 11 is 0. The number of benzene rings is 1. The summed E-state index contributed by atoms with van der Waals surface area (Å²) in [5.74, 6) is 0.594. The van der Waals surface area contributed by atoms with Gasteiger partial charge in [-0.2, -0.15) is 0 Å². The summed E-state index contributed by atoms with van der Waals surface area (Å²) < 4.78 is 5.55. The third kappa shape index (κ3) is 4.59. The van der Waals surface area contributed by atoms with Gasteiger partial charge in [-0.3, -0.25) is 4.90 Å². The number of para-hydroxylation sites is 2. The monoisotopic (exact) mass is 294 g/mol. The van der Waals surface area contributed by atoms with E-state index >= 15 is 0 Å². The molecule has 3 unspecified atom stereocenters. The molecule has 1 aliphatic rings. The molecule has 0 aromatic heterocycles. The lowest BCUT2D eigenvalue weighted by molar-refractivity contribution is 0.00213. The average Bonchev–Trinajstić information content (AvgIpc) is 2.46. The summed E-state index contributed by atoms with van der Waals surface area (Å²) in [7, 11) is 1.94. The molecule has 0 heterocycles. The third-order valence-corrected chi connectivity index (χ3v) is 4.11. The molecule has 118 valence electrons. The van der Waals surface area contributed by atoms with Crippen molar-refractivity contribution in [3.63, 3.8) is 0 Å². The lowest BCUT2D eigenvalue weighted by Gasteiger charge is -2.36. The van der Waals surface area contributed by atoms with Gasteiger partial charge < -0.3 is 20.7 Å². The minimum Gasteiger partial charge on any atom is -0.489 e. The van der Waals surface area contributed by atoms with Crippen molar-refractivity contribution in [2.45, 2.75) is 43.9 Å². The van der Waals surface area contributed by atoms with Gasteiger partial charge in [-0.15, -0.1) is 0 Å². The van der Waals surface area contributed by atoms with Gasteiger partial charge in [0.25, 0.3) is 0 Å². The maximum atomic E-state index is 10.1. The molecule has 1 saturated carbocycles. The molecule has 0 amide bonds. The van der Waals surface area contributed by atoms with Gasteiger partial charge in [-0.25, -0.2) is 0 Å². The largest absolute Gasteiger partial charge is 0.489 e. The average molecular weight is 294 g/mol. The molecule has 3 atom stereocenters. The van der Waals surface area contributed by atoms with E-state index in [1.807, 2.05) is 24.1 Å². The van der Waals surface area contributed by atoms with E-state index in [1.54, 1.807) is 12.1 Å². The van der Waals surface area contributed by atoms with E-state index in [2.05, 4.69) is 0 Å². The molecule has 1 fully saturated rings. The standard InChI is InChI=1S/C16H26N2O3/c1-18(14-7-3-4-8-15(14)20)10-12(19)11-21-16-9-5-2-6-13(16)17/h2,5-6,9,12,14-15,19-20H,3-4,7-8,10-11,17H2,1H3. The van der Waals surface area contributed by atoms with E-state index in [0.29, 0.717) is 18.0 Å². The number of aliphatic hydroxyl groups is 2. The van der Waals surface area contributed by atoms with E-state index in [-0.39, 0.29) is 18.8 Å². The van der Waals surface area contributed by atoms with Crippen molar-refractivity contribution in [1.82, 2.24) is 4.90 Å². The van der Waals surface area contributed by atoms with Gasteiger partial charge in [-0.05, 0) is 32.0 Å². The first-order valence-electron chi connectivity index (χ1n) is 7.61. The number of nitrogen functional groups attached to an aromatic ring is 1. The molecule has 5 nitrogen and oxygen atoms in total. The molecule has 2 rings (SSSR count). The van der Waals surface area contributed by atoms with Gasteiger partial charge in [0.15, 0.2) is 0 Å². The zero-order valence-corrected chi connectivity index (χ0v) is 12.6. The molecule has 1 aromatic rings. The van der Waals surface area contributed by atoms with Crippen molar-refractivity contribution >= 4 is 5.69 Å². The fourth-order valence-corrected chi connectivity index (χ4v) is 2.92. The van der Waals surface area contributed by atoms with Crippen LogP contribution < -0.4 is 10.5 Å². The van der Waals surface area contributed by atoms with E-state index in [1.165, 1.54) is 0 Å². The maximum absolute atomic E-state index is 10.1. The first-order valence-corrected chi connectivity index (χ1v) is 7.61. The van der Waals surface area contributed by atoms with Crippen molar-refractivity contribution in [3.8, 4) is 5.75 Å². The zero-order valence-electron chi connectivity index (χ0n) is 12.6. The fraction of sp³-hybridized carbons (Fsp3) is 0.625. The second-order valence-electron chi connectivity index (χ2n) is 5.86. The number of rotatable bonds is 6. The second-order valence-corrected chi connectivity index (χ2v) is 5.86. The predicted molar refractivity (Wildman–Crippen MR) is 83.2 cm³/mol. The molecule has 0 bridgehead atoms. The van der Waals surface area contributed by atoms with Crippen LogP contribution in [0.1, 0.15) is 25.7 Å². The van der Waals surface area contributed by atoms with Crippen molar-refractivity contribution in [1.29, 1.82) is 0 Å². The predicted octanol–water partition coefficient (Wildman–Crippen LogP) is 1.24. The zero-order chi connectivity index (χ0) is 15.2. The molecular formula is C16H26N2O3. The van der Waals surface area contributed by atoms with Crippen LogP contribution in [0.5, 0.6) is 5.75 Å². The van der Waals surface area contributed by atoms with Gasteiger partial charge in [0.05, 0.1) is 11.8 Å². The highest BCUT2D eigenvalue weighted by Crippen LogP contribution is 2.23. The Hall–Kier alpha value is -1.30. The van der Waals surface area contributed by atoms with Crippen molar-refractivity contribution < 1.29 is 14.9 Å². The lowest BCUT2D eigenvalue weighted by Crippen LogP contribution is -2.47. The van der Waals surface area contributed by atoms with E-state index < -0.39 is 6.10 Å². The van der Waals surface area contributed by atoms with E-state index in [4.69, 9.17) is 10.5 Å². The molecule has 4 N–H and O–H groups in total. The number of ether oxygens (including phenoxy) is 1. The highest BCUT2D eigenvalue weighted by molar-refractivity contribution is 5.51. The minimum atomic E-state index is -0.608. The molecular weight excluding hydrogens is 268 g/mol. The molecule has 1 aliphatic carbocycles. The summed E-state index contributed by atoms with van der Waals surface area (Å²) in [6.07, 6.45) is 3.16. The van der Waals surface area contributed by atoms with Crippen LogP contribution >= 0.6 is 0 Å². The van der Waals surface area contributed by atoms with Gasteiger partial charge in [0.2, 0.25) is 0 Å². The van der Waals surface area contributed by atoms with Crippen LogP contribution in [0, 0.1) is 0 Å². The first-order chi connectivity index (χ1) is 10.1. The van der Waals surface area contributed by atoms with Crippen LogP contribution in [-0.2, 0) is 0 Å². The quantitative estimate of drug-likeness (QED) is 0.688. The van der Waals surface area contributed by atoms with Crippen LogP contribution in [0.4, 0.5) is 5.69 Å². The molecule has 0 spiro atoms. The van der Waals surface area contributed by atoms with Crippen molar-refractivity contribution in [2.75, 3.05) is 25.9 Å². The maximum Gasteiger partial charge on any atom is 0.142 e. The SMILES string of the molecule is CN(CC(O)COc1ccccc1N)C1CCCCC1O. The Balaban J connectivity index is 1.78. The molecule has 21 heavy (non-hydrogen) atoms. The normalized spacial score (nSPS) is 24.0. The smallest absolute Gasteiger partial charge is 0.142 e. The van der Waals surface area contributed by atoms with Gasteiger partial charge in [0, 0.05) is 12.6 Å². The summed E-state index contributed by atoms with van der Waals surface area (Å²) in [6, 6.07) is 7.39. The summed E-state index contributed by atoms with van der Waals surface area (Å²) in [4.78, 5) is 2.03. The number of nitrogens with two attached hydrogens (primary N) is 1. The Bertz CT molecular complexity index is 441. The molecule has 0 aliphatic heterocycles. The van der Waals surface area contributed by atoms with Gasteiger partial charge in [0.1, 0.15) is 18.5 Å². The molecule has 1 aromatic carbocycles. The number of nitrogens with zero attached hydrogens (tertiary/aromatic N) is 1. The van der Waals surface area contributed by atoms with Crippen molar-refractivity contribution in [2.24, 2.45) is 0 Å². The Morgan fingerprint density at radius 3 is 2.76 bits per heavy atom. The highest BCUT2D eigenvalue weighted by atomic mass is 16.5. The summed E-state index contributed by atoms with van der Waals surface area (Å²) in [5.41, 5.74) is 6.36. The topological polar surface area (TPSA) is 79.0 Å². The van der Waals surface area contributed by atoms with Gasteiger partial charge >= 0.3 is 0 Å². The van der Waals surface area contributed by atoms with E-state index in [9.17, 15) is 10.2 Å². The van der Waals surface area contributed by atoms with Crippen LogP contribution in [0.15, 0.2) is 24.3 Å². The lowest BCUT2D eigenvalue weighted by atomic mass is 9.91. The number of hydrogen-bond acceptors (Lipinski definition) is 5. The molecule has 5 heteroatoms. The molecule has 0 radical (unpaired) electrons. The van der Waals surface area contributed by atoms with Crippen LogP contribution in [0.25, 0.3) is 0 Å². The summed E-state index contributed by atoms with van der Waals surface area (Å²) in [6.45, 7) is 0.676. The van der Waals surface area contributed by atoms with Gasteiger partial charge in [-0.1, -0.05) is 25.0 Å². The Morgan fingerprint density at radius 2 is 2.05 bits per heavy atom. The Kier molecular flexibility index (Phi) is 5.85. The molecule has 0 saturated heterocycles. The van der Waals surface area contributed by atoms with Crippen LogP contribution in [0.2, 0.25) is 0 Å². The number of hydrogen-bond donors (Lipinski definition) is 3. The van der Waals surface area contributed by atoms with Crippen LogP contribution in [0.3, 0.4) is 0 Å². The first kappa shape index (κ1) is 16.1. The number of anilines is 1. The summed E-state index contributed by atoms with van der Waals surface area (Å²) in [5, 5.41) is 20.1. The van der Waals surface area contributed by atoms with Crippen LogP contribution in [-0.4, -0.2) is 53.6 Å². The van der Waals surface area contributed by atoms with E-state index in [0.717, 1.165) is 25.7 Å². The Labute approximate surface area is 126 Å². The Morgan fingerprint density at radius 1 is 1.33 bits per heavy atom. The number of aliphatic hydroxyl groups excluding tert-OH is 2. The highest BCUT2D eigenvalue weighted by Gasteiger charge is 2.27. The second kappa shape index (κ2) is 7.64. The van der Waals surface area contributed by atoms with Crippen molar-refractivity contribution in [3.05, 3.63) is 24.3 Å². The fourth-order valence-electron chi connectivity index (χ4n) is 2.92. The number of likely N-dealkylation sites (N-methyl/N-ethyl adjacent to an activating group) is 1.